The number of methoxy groups -OCH3 is 1. The van der Waals surface area contributed by atoms with Crippen molar-refractivity contribution in [3.63, 3.8) is 0 Å². The van der Waals surface area contributed by atoms with Crippen molar-refractivity contribution < 1.29 is 31.1 Å². The van der Waals surface area contributed by atoms with Crippen LogP contribution >= 0.6 is 0 Å². The molecule has 0 saturated heterocycles. The Morgan fingerprint density at radius 2 is 1.45 bits per heavy atom. The van der Waals surface area contributed by atoms with Gasteiger partial charge in [-0.3, -0.25) is 11.3 Å². The van der Waals surface area contributed by atoms with Crippen molar-refractivity contribution in [1.29, 1.82) is 0 Å². The van der Waals surface area contributed by atoms with E-state index >= 15 is 0 Å². The fraction of sp³-hybridized carbons (Fsp3) is 0.455. The van der Waals surface area contributed by atoms with Gasteiger partial charge in [0.25, 0.3) is 0 Å². The summed E-state index contributed by atoms with van der Waals surface area (Å²) in [4.78, 5) is 0. The number of benzene rings is 1. The summed E-state index contributed by atoms with van der Waals surface area (Å²) in [6, 6.07) is 2.55. The Morgan fingerprint density at radius 1 is 1.00 bits per heavy atom. The van der Waals surface area contributed by atoms with Gasteiger partial charge in [-0.2, -0.15) is 26.3 Å². The van der Waals surface area contributed by atoms with E-state index < -0.39 is 24.3 Å². The summed E-state index contributed by atoms with van der Waals surface area (Å²) in [6.07, 6.45) is -11.0. The quantitative estimate of drug-likeness (QED) is 0.511. The standard InChI is InChI=1S/C11H12F6N2O/c1-20-7-4-2-6(3-5-7)8(19-18)9(10(12,13)14)11(15,16)17/h2-5,8-9,19H,18H2,1H3. The molecule has 0 aliphatic heterocycles. The molecule has 20 heavy (non-hydrogen) atoms. The SMILES string of the molecule is COc1ccc(C(NN)C(C(F)(F)F)C(F)(F)F)cc1. The van der Waals surface area contributed by atoms with Gasteiger partial charge in [-0.15, -0.1) is 0 Å². The minimum absolute atomic E-state index is 0.243. The molecule has 114 valence electrons. The minimum Gasteiger partial charge on any atom is -0.497 e. The van der Waals surface area contributed by atoms with E-state index in [0.717, 1.165) is 12.1 Å². The monoisotopic (exact) mass is 302 g/mol. The fourth-order valence-electron chi connectivity index (χ4n) is 1.76. The number of ether oxygens (including phenoxy) is 1. The van der Waals surface area contributed by atoms with E-state index in [0.29, 0.717) is 5.75 Å². The maximum Gasteiger partial charge on any atom is 0.402 e. The molecule has 3 N–H and O–H groups in total. The summed E-state index contributed by atoms with van der Waals surface area (Å²) in [5.74, 6) is 1.59. The van der Waals surface area contributed by atoms with E-state index in [4.69, 9.17) is 10.6 Å². The predicted molar refractivity (Wildman–Crippen MR) is 58.7 cm³/mol. The molecule has 1 unspecified atom stereocenters. The Bertz CT molecular complexity index is 414. The van der Waals surface area contributed by atoms with E-state index in [9.17, 15) is 26.3 Å². The Kier molecular flexibility index (Phi) is 4.87. The Morgan fingerprint density at radius 3 is 1.75 bits per heavy atom. The Hall–Kier alpha value is -1.48. The number of nitrogens with one attached hydrogen (secondary N) is 1. The van der Waals surface area contributed by atoms with Crippen molar-refractivity contribution in [2.24, 2.45) is 11.8 Å². The molecule has 0 fully saturated rings. The van der Waals surface area contributed by atoms with Crippen LogP contribution in [-0.2, 0) is 0 Å². The number of nitrogens with two attached hydrogens (primary N) is 1. The molecule has 9 heteroatoms. The summed E-state index contributed by atoms with van der Waals surface area (Å²) in [5, 5.41) is 0. The Balaban J connectivity index is 3.19. The number of rotatable bonds is 4. The predicted octanol–water partition coefficient (Wildman–Crippen LogP) is 2.94. The zero-order chi connectivity index (χ0) is 15.6. The largest absolute Gasteiger partial charge is 0.497 e. The van der Waals surface area contributed by atoms with Crippen LogP contribution in [0.2, 0.25) is 0 Å². The third-order valence-electron chi connectivity index (χ3n) is 2.69. The normalized spacial score (nSPS) is 14.4. The molecule has 0 aliphatic rings. The second kappa shape index (κ2) is 5.88. The summed E-state index contributed by atoms with van der Waals surface area (Å²) >= 11 is 0. The first kappa shape index (κ1) is 16.6. The third kappa shape index (κ3) is 3.76. The first-order chi connectivity index (χ1) is 9.11. The van der Waals surface area contributed by atoms with Gasteiger partial charge in [-0.25, -0.2) is 0 Å². The second-order valence-corrected chi connectivity index (χ2v) is 3.98. The molecule has 0 radical (unpaired) electrons. The van der Waals surface area contributed by atoms with E-state index in [1.807, 2.05) is 0 Å². The summed E-state index contributed by atoms with van der Waals surface area (Å²) in [5.41, 5.74) is 1.35. The maximum absolute atomic E-state index is 12.6. The fourth-order valence-corrected chi connectivity index (χ4v) is 1.76. The lowest BCUT2D eigenvalue weighted by Gasteiger charge is -2.30. The first-order valence-electron chi connectivity index (χ1n) is 5.34. The van der Waals surface area contributed by atoms with Gasteiger partial charge in [-0.1, -0.05) is 12.1 Å². The number of hydrogen-bond donors (Lipinski definition) is 2. The number of hydrogen-bond acceptors (Lipinski definition) is 3. The molecule has 0 heterocycles. The van der Waals surface area contributed by atoms with Gasteiger partial charge in [0, 0.05) is 0 Å². The molecule has 3 nitrogen and oxygen atoms in total. The summed E-state index contributed by atoms with van der Waals surface area (Å²) in [7, 11) is 1.32. The molecule has 0 amide bonds. The van der Waals surface area contributed by atoms with E-state index in [-0.39, 0.29) is 5.56 Å². The van der Waals surface area contributed by atoms with Crippen molar-refractivity contribution in [1.82, 2.24) is 5.43 Å². The molecule has 1 rings (SSSR count). The zero-order valence-corrected chi connectivity index (χ0v) is 10.2. The molecule has 0 spiro atoms. The van der Waals surface area contributed by atoms with Crippen molar-refractivity contribution >= 4 is 0 Å². The van der Waals surface area contributed by atoms with Crippen LogP contribution in [0.3, 0.4) is 0 Å². The molecule has 1 atom stereocenters. The van der Waals surface area contributed by atoms with Gasteiger partial charge < -0.3 is 4.74 Å². The average molecular weight is 302 g/mol. The van der Waals surface area contributed by atoms with Crippen LogP contribution in [0.15, 0.2) is 24.3 Å². The number of hydrazine groups is 1. The van der Waals surface area contributed by atoms with Gasteiger partial charge in [-0.05, 0) is 17.7 Å². The smallest absolute Gasteiger partial charge is 0.402 e. The molecular formula is C11H12F6N2O. The summed E-state index contributed by atoms with van der Waals surface area (Å²) in [6.45, 7) is 0. The van der Waals surface area contributed by atoms with Crippen LogP contribution in [0.25, 0.3) is 0 Å². The van der Waals surface area contributed by atoms with E-state index in [1.54, 1.807) is 5.43 Å². The van der Waals surface area contributed by atoms with Crippen LogP contribution in [-0.4, -0.2) is 19.5 Å². The van der Waals surface area contributed by atoms with Gasteiger partial charge in [0.2, 0.25) is 0 Å². The molecule has 0 bridgehead atoms. The average Bonchev–Trinajstić information content (AvgIpc) is 2.33. The highest BCUT2D eigenvalue weighted by Gasteiger charge is 2.60. The number of halogens is 6. The Labute approximate surface area is 110 Å². The topological polar surface area (TPSA) is 47.3 Å². The van der Waals surface area contributed by atoms with Crippen molar-refractivity contribution in [2.45, 2.75) is 18.4 Å². The summed E-state index contributed by atoms with van der Waals surface area (Å²) < 4.78 is 80.6. The molecule has 0 saturated carbocycles. The van der Waals surface area contributed by atoms with Crippen molar-refractivity contribution in [3.8, 4) is 5.75 Å². The minimum atomic E-state index is -5.48. The van der Waals surface area contributed by atoms with Crippen molar-refractivity contribution in [3.05, 3.63) is 29.8 Å². The second-order valence-electron chi connectivity index (χ2n) is 3.98. The molecule has 1 aromatic rings. The third-order valence-corrected chi connectivity index (χ3v) is 2.69. The number of alkyl halides is 6. The highest BCUT2D eigenvalue weighted by Crippen LogP contribution is 2.46. The highest BCUT2D eigenvalue weighted by molar-refractivity contribution is 5.29. The van der Waals surface area contributed by atoms with Crippen LogP contribution in [0.4, 0.5) is 26.3 Å². The van der Waals surface area contributed by atoms with Gasteiger partial charge in [0.15, 0.2) is 5.92 Å². The zero-order valence-electron chi connectivity index (χ0n) is 10.2. The van der Waals surface area contributed by atoms with Crippen LogP contribution in [0.1, 0.15) is 11.6 Å². The maximum atomic E-state index is 12.6. The van der Waals surface area contributed by atoms with Gasteiger partial charge >= 0.3 is 12.4 Å². The highest BCUT2D eigenvalue weighted by atomic mass is 19.4. The van der Waals surface area contributed by atoms with Crippen LogP contribution in [0.5, 0.6) is 5.75 Å². The van der Waals surface area contributed by atoms with E-state index in [1.165, 1.54) is 19.2 Å². The molecule has 0 aliphatic carbocycles. The van der Waals surface area contributed by atoms with Crippen molar-refractivity contribution in [2.75, 3.05) is 7.11 Å². The lowest BCUT2D eigenvalue weighted by Crippen LogP contribution is -2.47. The lowest BCUT2D eigenvalue weighted by atomic mass is 9.92. The molecular weight excluding hydrogens is 290 g/mol. The van der Waals surface area contributed by atoms with Crippen LogP contribution < -0.4 is 16.0 Å². The molecule has 0 aromatic heterocycles. The lowest BCUT2D eigenvalue weighted by molar-refractivity contribution is -0.292. The first-order valence-corrected chi connectivity index (χ1v) is 5.34. The van der Waals surface area contributed by atoms with Crippen LogP contribution in [0, 0.1) is 5.92 Å². The molecule has 1 aromatic carbocycles. The van der Waals surface area contributed by atoms with Gasteiger partial charge in [0.05, 0.1) is 13.2 Å². The van der Waals surface area contributed by atoms with E-state index in [2.05, 4.69) is 0 Å². The van der Waals surface area contributed by atoms with Gasteiger partial charge in [0.1, 0.15) is 5.75 Å².